The van der Waals surface area contributed by atoms with Crippen molar-refractivity contribution in [3.63, 3.8) is 0 Å². The van der Waals surface area contributed by atoms with E-state index >= 15 is 0 Å². The highest BCUT2D eigenvalue weighted by atomic mass is 19.1. The van der Waals surface area contributed by atoms with E-state index in [1.165, 1.54) is 37.0 Å². The first-order valence-electron chi connectivity index (χ1n) is 8.95. The van der Waals surface area contributed by atoms with Crippen molar-refractivity contribution in [2.45, 2.75) is 32.6 Å². The van der Waals surface area contributed by atoms with Crippen molar-refractivity contribution < 1.29 is 4.39 Å². The van der Waals surface area contributed by atoms with Crippen LogP contribution in [0.4, 0.5) is 4.39 Å². The van der Waals surface area contributed by atoms with Crippen LogP contribution in [0, 0.1) is 5.82 Å². The molecule has 132 valence electrons. The highest BCUT2D eigenvalue weighted by Gasteiger charge is 2.02. The van der Waals surface area contributed by atoms with E-state index in [2.05, 4.69) is 21.9 Å². The van der Waals surface area contributed by atoms with E-state index in [0.717, 1.165) is 23.2 Å². The molecule has 0 bridgehead atoms. The molecule has 0 spiro atoms. The van der Waals surface area contributed by atoms with Gasteiger partial charge in [0.2, 0.25) is 0 Å². The molecule has 26 heavy (non-hydrogen) atoms. The Bertz CT molecular complexity index is 838. The van der Waals surface area contributed by atoms with Gasteiger partial charge < -0.3 is 0 Å². The van der Waals surface area contributed by atoms with Gasteiger partial charge in [-0.3, -0.25) is 4.98 Å². The van der Waals surface area contributed by atoms with Crippen LogP contribution in [-0.2, 0) is 6.42 Å². The molecule has 0 atom stereocenters. The van der Waals surface area contributed by atoms with Crippen molar-refractivity contribution in [3.8, 4) is 11.4 Å². The normalized spacial score (nSPS) is 11.2. The zero-order valence-corrected chi connectivity index (χ0v) is 14.9. The minimum absolute atomic E-state index is 0.235. The number of benzene rings is 1. The Kier molecular flexibility index (Phi) is 6.20. The predicted octanol–water partition coefficient (Wildman–Crippen LogP) is 5.58. The van der Waals surface area contributed by atoms with Gasteiger partial charge >= 0.3 is 0 Å². The molecule has 3 nitrogen and oxygen atoms in total. The molecule has 1 aromatic carbocycles. The fourth-order valence-electron chi connectivity index (χ4n) is 2.60. The van der Waals surface area contributed by atoms with Gasteiger partial charge in [0.25, 0.3) is 0 Å². The van der Waals surface area contributed by atoms with Crippen LogP contribution in [0.2, 0.25) is 0 Å². The maximum atomic E-state index is 12.9. The summed E-state index contributed by atoms with van der Waals surface area (Å²) < 4.78 is 12.9. The van der Waals surface area contributed by atoms with Gasteiger partial charge in [0.1, 0.15) is 5.82 Å². The largest absolute Gasteiger partial charge is 0.256 e. The fraction of sp³-hybridized carbons (Fsp3) is 0.227. The lowest BCUT2D eigenvalue weighted by Crippen LogP contribution is -1.94. The number of aryl methyl sites for hydroxylation is 1. The van der Waals surface area contributed by atoms with Gasteiger partial charge in [-0.05, 0) is 54.3 Å². The number of unbranched alkanes of at least 4 members (excludes halogenated alkanes) is 2. The minimum atomic E-state index is -0.235. The molecule has 0 radical (unpaired) electrons. The smallest absolute Gasteiger partial charge is 0.160 e. The first kappa shape index (κ1) is 17.9. The third-order valence-electron chi connectivity index (χ3n) is 4.14. The molecular formula is C22H22FN3. The maximum Gasteiger partial charge on any atom is 0.160 e. The molecule has 0 N–H and O–H groups in total. The average Bonchev–Trinajstić information content (AvgIpc) is 2.69. The van der Waals surface area contributed by atoms with Crippen LogP contribution in [-0.4, -0.2) is 15.0 Å². The van der Waals surface area contributed by atoms with E-state index in [4.69, 9.17) is 0 Å². The molecule has 2 aromatic heterocycles. The first-order chi connectivity index (χ1) is 12.7. The van der Waals surface area contributed by atoms with Crippen molar-refractivity contribution in [1.29, 1.82) is 0 Å². The first-order valence-corrected chi connectivity index (χ1v) is 8.95. The molecule has 4 heteroatoms. The highest BCUT2D eigenvalue weighted by Crippen LogP contribution is 2.15. The molecule has 3 rings (SSSR count). The Labute approximate surface area is 153 Å². The van der Waals surface area contributed by atoms with Crippen LogP contribution in [0.3, 0.4) is 0 Å². The Morgan fingerprint density at radius 1 is 0.846 bits per heavy atom. The quantitative estimate of drug-likeness (QED) is 0.524. The van der Waals surface area contributed by atoms with E-state index < -0.39 is 0 Å². The van der Waals surface area contributed by atoms with Gasteiger partial charge in [0.15, 0.2) is 5.82 Å². The lowest BCUT2D eigenvalue weighted by molar-refractivity contribution is 0.628. The second-order valence-corrected chi connectivity index (χ2v) is 6.23. The SMILES string of the molecule is CCCCCc1cnc(-c2ccc(C=Cc3ccc(F)cc3)nc2)nc1. The number of hydrogen-bond acceptors (Lipinski definition) is 3. The minimum Gasteiger partial charge on any atom is -0.256 e. The third kappa shape index (κ3) is 5.06. The standard InChI is InChI=1S/C22H22FN3/c1-2-3-4-5-18-14-25-22(26-15-18)19-9-13-21(24-16-19)12-8-17-6-10-20(23)11-7-17/h6-16H,2-5H2,1H3. The lowest BCUT2D eigenvalue weighted by atomic mass is 10.1. The average molecular weight is 347 g/mol. The van der Waals surface area contributed by atoms with Gasteiger partial charge in [-0.1, -0.05) is 38.0 Å². The summed E-state index contributed by atoms with van der Waals surface area (Å²) in [4.78, 5) is 13.3. The van der Waals surface area contributed by atoms with Crippen LogP contribution in [0.15, 0.2) is 55.0 Å². The van der Waals surface area contributed by atoms with Crippen LogP contribution in [0.25, 0.3) is 23.5 Å². The zero-order valence-electron chi connectivity index (χ0n) is 14.9. The number of rotatable bonds is 7. The van der Waals surface area contributed by atoms with Gasteiger partial charge in [0.05, 0.1) is 5.69 Å². The van der Waals surface area contributed by atoms with Crippen molar-refractivity contribution >= 4 is 12.2 Å². The summed E-state index contributed by atoms with van der Waals surface area (Å²) >= 11 is 0. The molecule has 0 aliphatic heterocycles. The Hall–Kier alpha value is -2.88. The van der Waals surface area contributed by atoms with E-state index in [0.29, 0.717) is 5.82 Å². The van der Waals surface area contributed by atoms with Crippen LogP contribution >= 0.6 is 0 Å². The summed E-state index contributed by atoms with van der Waals surface area (Å²) in [6.07, 6.45) is 14.0. The monoisotopic (exact) mass is 347 g/mol. The van der Waals surface area contributed by atoms with Gasteiger partial charge in [-0.15, -0.1) is 0 Å². The van der Waals surface area contributed by atoms with Crippen molar-refractivity contribution in [2.75, 3.05) is 0 Å². The van der Waals surface area contributed by atoms with Crippen LogP contribution in [0.5, 0.6) is 0 Å². The van der Waals surface area contributed by atoms with E-state index in [9.17, 15) is 4.39 Å². The van der Waals surface area contributed by atoms with Crippen molar-refractivity contribution in [1.82, 2.24) is 15.0 Å². The summed E-state index contributed by atoms with van der Waals surface area (Å²) in [6, 6.07) is 10.2. The zero-order chi connectivity index (χ0) is 18.2. The fourth-order valence-corrected chi connectivity index (χ4v) is 2.60. The number of hydrogen-bond donors (Lipinski definition) is 0. The predicted molar refractivity (Wildman–Crippen MR) is 104 cm³/mol. The van der Waals surface area contributed by atoms with Crippen molar-refractivity contribution in [2.24, 2.45) is 0 Å². The summed E-state index contributed by atoms with van der Waals surface area (Å²) in [5, 5.41) is 0. The molecule has 0 fully saturated rings. The number of pyridine rings is 1. The number of halogens is 1. The topological polar surface area (TPSA) is 38.7 Å². The maximum absolute atomic E-state index is 12.9. The summed E-state index contributed by atoms with van der Waals surface area (Å²) in [5.41, 5.74) is 3.83. The molecule has 2 heterocycles. The molecule has 0 saturated carbocycles. The van der Waals surface area contributed by atoms with Crippen molar-refractivity contribution in [3.05, 3.63) is 77.6 Å². The van der Waals surface area contributed by atoms with Gasteiger partial charge in [-0.25, -0.2) is 14.4 Å². The van der Waals surface area contributed by atoms with E-state index in [1.807, 2.05) is 36.7 Å². The second-order valence-electron chi connectivity index (χ2n) is 6.23. The lowest BCUT2D eigenvalue weighted by Gasteiger charge is -2.03. The second kappa shape index (κ2) is 8.99. The Morgan fingerprint density at radius 3 is 2.27 bits per heavy atom. The molecule has 0 saturated heterocycles. The summed E-state index contributed by atoms with van der Waals surface area (Å²) in [7, 11) is 0. The highest BCUT2D eigenvalue weighted by molar-refractivity contribution is 5.68. The van der Waals surface area contributed by atoms with Crippen LogP contribution in [0.1, 0.15) is 43.0 Å². The van der Waals surface area contributed by atoms with Gasteiger partial charge in [0, 0.05) is 24.2 Å². The van der Waals surface area contributed by atoms with E-state index in [1.54, 1.807) is 18.3 Å². The van der Waals surface area contributed by atoms with Gasteiger partial charge in [-0.2, -0.15) is 0 Å². The molecule has 0 aliphatic carbocycles. The molecule has 0 unspecified atom stereocenters. The Morgan fingerprint density at radius 2 is 1.62 bits per heavy atom. The molecular weight excluding hydrogens is 325 g/mol. The molecule has 0 aliphatic rings. The van der Waals surface area contributed by atoms with E-state index in [-0.39, 0.29) is 5.82 Å². The molecule has 3 aromatic rings. The molecule has 0 amide bonds. The third-order valence-corrected chi connectivity index (χ3v) is 4.14. The number of nitrogens with zero attached hydrogens (tertiary/aromatic N) is 3. The summed E-state index contributed by atoms with van der Waals surface area (Å²) in [6.45, 7) is 2.20. The summed E-state index contributed by atoms with van der Waals surface area (Å²) in [5.74, 6) is 0.451. The van der Waals surface area contributed by atoms with Crippen LogP contribution < -0.4 is 0 Å². The Balaban J connectivity index is 1.64. The number of aromatic nitrogens is 3.